The summed E-state index contributed by atoms with van der Waals surface area (Å²) in [6, 6.07) is 7.40. The number of pyridine rings is 1. The molecule has 0 bridgehead atoms. The van der Waals surface area contributed by atoms with E-state index in [1.807, 2.05) is 0 Å². The fourth-order valence-electron chi connectivity index (χ4n) is 2.18. The zero-order valence-electron chi connectivity index (χ0n) is 10.9. The first kappa shape index (κ1) is 13.0. The number of hydrogen-bond acceptors (Lipinski definition) is 4. The van der Waals surface area contributed by atoms with Gasteiger partial charge >= 0.3 is 12.0 Å². The molecular weight excluding hydrogens is 274 g/mol. The second-order valence-electron chi connectivity index (χ2n) is 4.64. The first-order valence-electron chi connectivity index (χ1n) is 6.30. The molecule has 1 aliphatic rings. The first-order valence-corrected chi connectivity index (χ1v) is 6.30. The van der Waals surface area contributed by atoms with E-state index in [1.54, 1.807) is 18.2 Å². The molecule has 2 N–H and O–H groups in total. The van der Waals surface area contributed by atoms with Crippen molar-refractivity contribution in [1.82, 2.24) is 10.3 Å². The molecule has 0 atom stereocenters. The number of urea groups is 1. The SMILES string of the molecule is O=C1CCN(c2ccc3cc(C(=O)O)ccc3n2)C(=O)N1. The summed E-state index contributed by atoms with van der Waals surface area (Å²) in [4.78, 5) is 39.5. The molecule has 1 fully saturated rings. The number of aromatic carboxylic acids is 1. The minimum Gasteiger partial charge on any atom is -0.478 e. The van der Waals surface area contributed by atoms with Gasteiger partial charge in [0.25, 0.3) is 0 Å². The number of aromatic nitrogens is 1. The van der Waals surface area contributed by atoms with E-state index >= 15 is 0 Å². The lowest BCUT2D eigenvalue weighted by atomic mass is 10.1. The summed E-state index contributed by atoms with van der Waals surface area (Å²) >= 11 is 0. The summed E-state index contributed by atoms with van der Waals surface area (Å²) in [5.41, 5.74) is 0.764. The molecule has 7 nitrogen and oxygen atoms in total. The molecule has 0 aliphatic carbocycles. The Bertz CT molecular complexity index is 772. The molecule has 1 aliphatic heterocycles. The van der Waals surface area contributed by atoms with E-state index in [-0.39, 0.29) is 24.4 Å². The van der Waals surface area contributed by atoms with E-state index in [0.717, 1.165) is 0 Å². The zero-order chi connectivity index (χ0) is 15.0. The number of carboxylic acid groups (broad SMARTS) is 1. The molecule has 0 unspecified atom stereocenters. The van der Waals surface area contributed by atoms with Crippen molar-refractivity contribution in [2.24, 2.45) is 0 Å². The van der Waals surface area contributed by atoms with Gasteiger partial charge in [-0.15, -0.1) is 0 Å². The summed E-state index contributed by atoms with van der Waals surface area (Å²) in [5.74, 6) is -0.881. The Morgan fingerprint density at radius 3 is 2.76 bits per heavy atom. The Labute approximate surface area is 119 Å². The molecule has 1 saturated heterocycles. The van der Waals surface area contributed by atoms with Gasteiger partial charge in [-0.05, 0) is 30.3 Å². The van der Waals surface area contributed by atoms with Gasteiger partial charge in [0, 0.05) is 18.4 Å². The number of hydrogen-bond donors (Lipinski definition) is 2. The van der Waals surface area contributed by atoms with Crippen LogP contribution in [0.25, 0.3) is 10.9 Å². The standard InChI is InChI=1S/C14H11N3O4/c18-12-5-6-17(14(21)16-12)11-4-2-8-7-9(13(19)20)1-3-10(8)15-11/h1-4,7H,5-6H2,(H,19,20)(H,16,18,21). The van der Waals surface area contributed by atoms with Crippen LogP contribution in [-0.4, -0.2) is 34.5 Å². The predicted molar refractivity (Wildman–Crippen MR) is 74.2 cm³/mol. The lowest BCUT2D eigenvalue weighted by Crippen LogP contribution is -2.49. The quantitative estimate of drug-likeness (QED) is 0.868. The maximum Gasteiger partial charge on any atom is 0.335 e. The summed E-state index contributed by atoms with van der Waals surface area (Å²) in [6.45, 7) is 0.274. The Kier molecular flexibility index (Phi) is 3.02. The van der Waals surface area contributed by atoms with Crippen molar-refractivity contribution < 1.29 is 19.5 Å². The van der Waals surface area contributed by atoms with Crippen molar-refractivity contribution >= 4 is 34.6 Å². The number of carbonyl (C=O) groups excluding carboxylic acids is 2. The van der Waals surface area contributed by atoms with Crippen LogP contribution < -0.4 is 10.2 Å². The van der Waals surface area contributed by atoms with Gasteiger partial charge in [0.1, 0.15) is 5.82 Å². The molecule has 7 heteroatoms. The molecule has 21 heavy (non-hydrogen) atoms. The van der Waals surface area contributed by atoms with E-state index in [4.69, 9.17) is 5.11 Å². The molecule has 1 aromatic heterocycles. The molecule has 3 rings (SSSR count). The minimum absolute atomic E-state index is 0.179. The first-order chi connectivity index (χ1) is 10.0. The molecule has 0 saturated carbocycles. The smallest absolute Gasteiger partial charge is 0.335 e. The van der Waals surface area contributed by atoms with Crippen molar-refractivity contribution in [3.63, 3.8) is 0 Å². The van der Waals surface area contributed by atoms with Crippen LogP contribution in [0.15, 0.2) is 30.3 Å². The highest BCUT2D eigenvalue weighted by atomic mass is 16.4. The van der Waals surface area contributed by atoms with Crippen LogP contribution in [0, 0.1) is 0 Å². The second-order valence-corrected chi connectivity index (χ2v) is 4.64. The van der Waals surface area contributed by atoms with E-state index in [0.29, 0.717) is 16.7 Å². The van der Waals surface area contributed by atoms with Gasteiger partial charge in [0.2, 0.25) is 5.91 Å². The largest absolute Gasteiger partial charge is 0.478 e. The van der Waals surface area contributed by atoms with Gasteiger partial charge in [-0.2, -0.15) is 0 Å². The van der Waals surface area contributed by atoms with Crippen LogP contribution >= 0.6 is 0 Å². The fourth-order valence-corrected chi connectivity index (χ4v) is 2.18. The van der Waals surface area contributed by atoms with Crippen molar-refractivity contribution in [2.75, 3.05) is 11.4 Å². The van der Waals surface area contributed by atoms with Crippen molar-refractivity contribution in [3.05, 3.63) is 35.9 Å². The molecule has 3 amide bonds. The zero-order valence-corrected chi connectivity index (χ0v) is 10.9. The molecule has 2 heterocycles. The summed E-state index contributed by atoms with van der Waals surface area (Å²) in [6.07, 6.45) is 0.226. The third-order valence-electron chi connectivity index (χ3n) is 3.25. The molecule has 106 valence electrons. The monoisotopic (exact) mass is 285 g/mol. The van der Waals surface area contributed by atoms with Crippen LogP contribution in [0.1, 0.15) is 16.8 Å². The number of amides is 3. The molecular formula is C14H11N3O4. The number of nitrogens with one attached hydrogen (secondary N) is 1. The normalized spacial score (nSPS) is 15.1. The van der Waals surface area contributed by atoms with E-state index in [9.17, 15) is 14.4 Å². The highest BCUT2D eigenvalue weighted by Crippen LogP contribution is 2.20. The lowest BCUT2D eigenvalue weighted by Gasteiger charge is -2.25. The average Bonchev–Trinajstić information content (AvgIpc) is 2.46. The lowest BCUT2D eigenvalue weighted by molar-refractivity contribution is -0.120. The Balaban J connectivity index is 1.98. The molecule has 2 aromatic rings. The molecule has 1 aromatic carbocycles. The Morgan fingerprint density at radius 1 is 1.24 bits per heavy atom. The highest BCUT2D eigenvalue weighted by molar-refractivity contribution is 6.05. The molecule has 0 radical (unpaired) electrons. The van der Waals surface area contributed by atoms with Crippen LogP contribution in [0.5, 0.6) is 0 Å². The number of fused-ring (bicyclic) bond motifs is 1. The van der Waals surface area contributed by atoms with Crippen LogP contribution in [0.4, 0.5) is 10.6 Å². The number of imide groups is 1. The Hall–Kier alpha value is -2.96. The summed E-state index contributed by atoms with van der Waals surface area (Å²) < 4.78 is 0. The van der Waals surface area contributed by atoms with Crippen LogP contribution in [0.2, 0.25) is 0 Å². The number of anilines is 1. The van der Waals surface area contributed by atoms with E-state index < -0.39 is 12.0 Å². The summed E-state index contributed by atoms with van der Waals surface area (Å²) in [5, 5.41) is 11.9. The van der Waals surface area contributed by atoms with E-state index in [2.05, 4.69) is 10.3 Å². The third-order valence-corrected chi connectivity index (χ3v) is 3.25. The van der Waals surface area contributed by atoms with Gasteiger partial charge in [-0.25, -0.2) is 14.6 Å². The number of rotatable bonds is 2. The Morgan fingerprint density at radius 2 is 2.05 bits per heavy atom. The van der Waals surface area contributed by atoms with Crippen LogP contribution in [-0.2, 0) is 4.79 Å². The predicted octanol–water partition coefficient (Wildman–Crippen LogP) is 1.38. The number of carboxylic acids is 1. The maximum atomic E-state index is 11.8. The highest BCUT2D eigenvalue weighted by Gasteiger charge is 2.25. The van der Waals surface area contributed by atoms with Gasteiger partial charge < -0.3 is 5.11 Å². The minimum atomic E-state index is -1.00. The van der Waals surface area contributed by atoms with Crippen molar-refractivity contribution in [1.29, 1.82) is 0 Å². The van der Waals surface area contributed by atoms with Crippen molar-refractivity contribution in [3.8, 4) is 0 Å². The second kappa shape index (κ2) is 4.86. The fraction of sp³-hybridized carbons (Fsp3) is 0.143. The van der Waals surface area contributed by atoms with Crippen molar-refractivity contribution in [2.45, 2.75) is 6.42 Å². The van der Waals surface area contributed by atoms with Gasteiger partial charge in [0.05, 0.1) is 11.1 Å². The van der Waals surface area contributed by atoms with Crippen LogP contribution in [0.3, 0.4) is 0 Å². The topological polar surface area (TPSA) is 99.6 Å². The number of carbonyl (C=O) groups is 3. The maximum absolute atomic E-state index is 11.8. The van der Waals surface area contributed by atoms with E-state index in [1.165, 1.54) is 17.0 Å². The number of nitrogens with zero attached hydrogens (tertiary/aromatic N) is 2. The molecule has 0 spiro atoms. The average molecular weight is 285 g/mol. The summed E-state index contributed by atoms with van der Waals surface area (Å²) in [7, 11) is 0. The van der Waals surface area contributed by atoms with Gasteiger partial charge in [0.15, 0.2) is 0 Å². The number of benzene rings is 1. The van der Waals surface area contributed by atoms with Gasteiger partial charge in [-0.1, -0.05) is 0 Å². The third kappa shape index (κ3) is 2.40. The van der Waals surface area contributed by atoms with Gasteiger partial charge in [-0.3, -0.25) is 15.0 Å².